The predicted molar refractivity (Wildman–Crippen MR) is 52.7 cm³/mol. The summed E-state index contributed by atoms with van der Waals surface area (Å²) < 4.78 is 1.48. The maximum atomic E-state index is 10.4. The van der Waals surface area contributed by atoms with E-state index in [4.69, 9.17) is 0 Å². The van der Waals surface area contributed by atoms with E-state index in [2.05, 4.69) is 4.98 Å². The van der Waals surface area contributed by atoms with Crippen molar-refractivity contribution in [2.24, 2.45) is 0 Å². The fourth-order valence-electron chi connectivity index (χ4n) is 1.35. The second-order valence-electron chi connectivity index (χ2n) is 3.17. The molecule has 1 heterocycles. The van der Waals surface area contributed by atoms with Gasteiger partial charge >= 0.3 is 0 Å². The Morgan fingerprint density at radius 1 is 1.33 bits per heavy atom. The number of imidazole rings is 1. The number of hydrogen-bond donors (Lipinski definition) is 0. The monoisotopic (exact) mass is 201 g/mol. The fraction of sp³-hybridized carbons (Fsp3) is 0.0909. The number of carboxylic acids is 1. The van der Waals surface area contributed by atoms with Crippen molar-refractivity contribution in [2.45, 2.75) is 6.54 Å². The van der Waals surface area contributed by atoms with Crippen LogP contribution in [0.5, 0.6) is 0 Å². The first-order chi connectivity index (χ1) is 7.25. The third-order valence-electron chi connectivity index (χ3n) is 2.01. The number of rotatable bonds is 3. The zero-order chi connectivity index (χ0) is 10.7. The first-order valence-corrected chi connectivity index (χ1v) is 4.53. The van der Waals surface area contributed by atoms with Gasteiger partial charge in [0.25, 0.3) is 0 Å². The summed E-state index contributed by atoms with van der Waals surface area (Å²) in [5.74, 6) is -1.12. The van der Waals surface area contributed by atoms with Gasteiger partial charge in [0.05, 0.1) is 24.5 Å². The maximum Gasteiger partial charge on any atom is 0.0957 e. The molecular formula is C11H9N2O2-. The first kappa shape index (κ1) is 9.45. The van der Waals surface area contributed by atoms with Crippen LogP contribution in [0.25, 0.3) is 11.3 Å². The molecule has 4 heteroatoms. The Kier molecular flexibility index (Phi) is 2.49. The molecule has 0 fully saturated rings. The van der Waals surface area contributed by atoms with Gasteiger partial charge in [0.1, 0.15) is 0 Å². The lowest BCUT2D eigenvalue weighted by atomic mass is 10.2. The van der Waals surface area contributed by atoms with E-state index in [1.54, 1.807) is 6.20 Å². The highest BCUT2D eigenvalue weighted by molar-refractivity contribution is 5.64. The predicted octanol–water partition coefficient (Wildman–Crippen LogP) is 0.300. The molecule has 76 valence electrons. The number of aromatic nitrogens is 2. The molecule has 0 aliphatic heterocycles. The Hall–Kier alpha value is -2.10. The highest BCUT2D eigenvalue weighted by Gasteiger charge is 2.00. The lowest BCUT2D eigenvalue weighted by molar-refractivity contribution is -0.306. The Bertz CT molecular complexity index is 462. The van der Waals surface area contributed by atoms with Gasteiger partial charge in [0.15, 0.2) is 0 Å². The van der Waals surface area contributed by atoms with Gasteiger partial charge in [-0.15, -0.1) is 0 Å². The van der Waals surface area contributed by atoms with Gasteiger partial charge in [-0.2, -0.15) is 0 Å². The quantitative estimate of drug-likeness (QED) is 0.717. The van der Waals surface area contributed by atoms with Crippen molar-refractivity contribution in [2.75, 3.05) is 0 Å². The van der Waals surface area contributed by atoms with Crippen molar-refractivity contribution in [1.29, 1.82) is 0 Å². The van der Waals surface area contributed by atoms with E-state index in [1.807, 2.05) is 30.3 Å². The van der Waals surface area contributed by atoms with Crippen LogP contribution in [-0.4, -0.2) is 15.5 Å². The first-order valence-electron chi connectivity index (χ1n) is 4.53. The summed E-state index contributed by atoms with van der Waals surface area (Å²) >= 11 is 0. The average molecular weight is 201 g/mol. The normalized spacial score (nSPS) is 10.1. The molecule has 0 radical (unpaired) electrons. The minimum Gasteiger partial charge on any atom is -0.548 e. The SMILES string of the molecule is O=C([O-])Cn1cnc(-c2ccccc2)c1. The zero-order valence-electron chi connectivity index (χ0n) is 7.96. The molecule has 2 aromatic rings. The van der Waals surface area contributed by atoms with E-state index in [-0.39, 0.29) is 6.54 Å². The van der Waals surface area contributed by atoms with E-state index < -0.39 is 5.97 Å². The van der Waals surface area contributed by atoms with Crippen LogP contribution in [0, 0.1) is 0 Å². The molecule has 0 saturated carbocycles. The second-order valence-corrected chi connectivity index (χ2v) is 3.17. The number of aliphatic carboxylic acids is 1. The Morgan fingerprint density at radius 2 is 2.07 bits per heavy atom. The molecule has 0 amide bonds. The molecule has 1 aromatic carbocycles. The third kappa shape index (κ3) is 2.22. The van der Waals surface area contributed by atoms with Gasteiger partial charge in [-0.25, -0.2) is 4.98 Å². The van der Waals surface area contributed by atoms with Gasteiger partial charge in [-0.05, 0) is 0 Å². The van der Waals surface area contributed by atoms with Crippen molar-refractivity contribution in [3.8, 4) is 11.3 Å². The molecule has 15 heavy (non-hydrogen) atoms. The summed E-state index contributed by atoms with van der Waals surface area (Å²) in [5, 5.41) is 10.4. The van der Waals surface area contributed by atoms with Crippen LogP contribution in [-0.2, 0) is 11.3 Å². The number of hydrogen-bond acceptors (Lipinski definition) is 3. The summed E-state index contributed by atoms with van der Waals surface area (Å²) in [7, 11) is 0. The number of carbonyl (C=O) groups excluding carboxylic acids is 1. The van der Waals surface area contributed by atoms with Crippen LogP contribution >= 0.6 is 0 Å². The summed E-state index contributed by atoms with van der Waals surface area (Å²) in [4.78, 5) is 14.5. The van der Waals surface area contributed by atoms with E-state index in [1.165, 1.54) is 10.9 Å². The number of nitrogens with zero attached hydrogens (tertiary/aromatic N) is 2. The Balaban J connectivity index is 2.24. The molecule has 0 saturated heterocycles. The third-order valence-corrected chi connectivity index (χ3v) is 2.01. The highest BCUT2D eigenvalue weighted by atomic mass is 16.4. The number of benzene rings is 1. The molecule has 2 rings (SSSR count). The lowest BCUT2D eigenvalue weighted by Gasteiger charge is -2.01. The van der Waals surface area contributed by atoms with Crippen LogP contribution in [0.4, 0.5) is 0 Å². The fourth-order valence-corrected chi connectivity index (χ4v) is 1.35. The number of carboxylic acid groups (broad SMARTS) is 1. The summed E-state index contributed by atoms with van der Waals surface area (Å²) in [6, 6.07) is 9.58. The highest BCUT2D eigenvalue weighted by Crippen LogP contribution is 2.15. The summed E-state index contributed by atoms with van der Waals surface area (Å²) in [6.45, 7) is -0.167. The van der Waals surface area contributed by atoms with Gasteiger partial charge in [-0.1, -0.05) is 30.3 Å². The molecule has 0 atom stereocenters. The van der Waals surface area contributed by atoms with E-state index in [0.717, 1.165) is 11.3 Å². The molecule has 1 aromatic heterocycles. The Morgan fingerprint density at radius 3 is 2.73 bits per heavy atom. The van der Waals surface area contributed by atoms with Gasteiger partial charge in [-0.3, -0.25) is 0 Å². The summed E-state index contributed by atoms with van der Waals surface area (Å²) in [5.41, 5.74) is 1.73. The summed E-state index contributed by atoms with van der Waals surface area (Å²) in [6.07, 6.45) is 3.17. The molecule has 0 unspecified atom stereocenters. The average Bonchev–Trinajstić information content (AvgIpc) is 2.67. The number of carbonyl (C=O) groups is 1. The molecule has 0 aliphatic rings. The van der Waals surface area contributed by atoms with E-state index in [0.29, 0.717) is 0 Å². The van der Waals surface area contributed by atoms with Crippen molar-refractivity contribution < 1.29 is 9.90 Å². The Labute approximate surface area is 86.8 Å². The molecule has 0 aliphatic carbocycles. The standard InChI is InChI=1S/C11H10N2O2/c14-11(15)7-13-6-10(12-8-13)9-4-2-1-3-5-9/h1-6,8H,7H2,(H,14,15)/p-1. The molecule has 0 spiro atoms. The topological polar surface area (TPSA) is 57.9 Å². The van der Waals surface area contributed by atoms with Crippen LogP contribution in [0.15, 0.2) is 42.9 Å². The van der Waals surface area contributed by atoms with E-state index in [9.17, 15) is 9.90 Å². The van der Waals surface area contributed by atoms with Crippen molar-refractivity contribution in [1.82, 2.24) is 9.55 Å². The lowest BCUT2D eigenvalue weighted by Crippen LogP contribution is -2.26. The van der Waals surface area contributed by atoms with Gasteiger partial charge in [0.2, 0.25) is 0 Å². The van der Waals surface area contributed by atoms with Crippen LogP contribution < -0.4 is 5.11 Å². The van der Waals surface area contributed by atoms with Crippen molar-refractivity contribution >= 4 is 5.97 Å². The molecule has 4 nitrogen and oxygen atoms in total. The minimum atomic E-state index is -1.12. The van der Waals surface area contributed by atoms with Crippen LogP contribution in [0.2, 0.25) is 0 Å². The minimum absolute atomic E-state index is 0.167. The largest absolute Gasteiger partial charge is 0.548 e. The maximum absolute atomic E-state index is 10.4. The molecule has 0 N–H and O–H groups in total. The zero-order valence-corrected chi connectivity index (χ0v) is 7.96. The smallest absolute Gasteiger partial charge is 0.0957 e. The molecular weight excluding hydrogens is 192 g/mol. The second kappa shape index (κ2) is 3.96. The van der Waals surface area contributed by atoms with Crippen LogP contribution in [0.3, 0.4) is 0 Å². The molecule has 0 bridgehead atoms. The van der Waals surface area contributed by atoms with Gasteiger partial charge in [0, 0.05) is 11.8 Å². The van der Waals surface area contributed by atoms with E-state index >= 15 is 0 Å². The van der Waals surface area contributed by atoms with Crippen LogP contribution in [0.1, 0.15) is 0 Å². The van der Waals surface area contributed by atoms with Crippen molar-refractivity contribution in [3.05, 3.63) is 42.9 Å². The van der Waals surface area contributed by atoms with Crippen molar-refractivity contribution in [3.63, 3.8) is 0 Å². The van der Waals surface area contributed by atoms with Gasteiger partial charge < -0.3 is 14.5 Å².